The van der Waals surface area contributed by atoms with Gasteiger partial charge in [-0.2, -0.15) is 5.10 Å². The summed E-state index contributed by atoms with van der Waals surface area (Å²) >= 11 is 4.99. The first-order chi connectivity index (χ1) is 7.56. The Balaban J connectivity index is 2.63. The smallest absolute Gasteiger partial charge is 0.186 e. The highest BCUT2D eigenvalue weighted by Crippen LogP contribution is 2.10. The second kappa shape index (κ2) is 5.65. The van der Waals surface area contributed by atoms with E-state index in [0.717, 1.165) is 12.1 Å². The molecule has 0 atom stereocenters. The topological polar surface area (TPSA) is 41.4 Å². The van der Waals surface area contributed by atoms with Gasteiger partial charge in [-0.15, -0.1) is 0 Å². The minimum Gasteiger partial charge on any atom is -0.362 e. The lowest BCUT2D eigenvalue weighted by Crippen LogP contribution is -2.31. The van der Waals surface area contributed by atoms with E-state index in [1.54, 1.807) is 6.21 Å². The molecule has 0 aliphatic carbocycles. The molecule has 1 aromatic heterocycles. The third-order valence-electron chi connectivity index (χ3n) is 2.52. The number of aryl methyl sites for hydroxylation is 1. The third kappa shape index (κ3) is 3.06. The van der Waals surface area contributed by atoms with Gasteiger partial charge in [0.25, 0.3) is 0 Å². The summed E-state index contributed by atoms with van der Waals surface area (Å²) in [6.07, 6.45) is 1.78. The predicted molar refractivity (Wildman–Crippen MR) is 71.9 cm³/mol. The van der Waals surface area contributed by atoms with E-state index >= 15 is 0 Å². The van der Waals surface area contributed by atoms with Crippen LogP contribution in [0.2, 0.25) is 0 Å². The molecule has 88 valence electrons. The quantitative estimate of drug-likeness (QED) is 0.476. The summed E-state index contributed by atoms with van der Waals surface area (Å²) < 4.78 is 2.13. The number of aromatic nitrogens is 1. The number of nitrogens with zero attached hydrogens (tertiary/aromatic N) is 2. The van der Waals surface area contributed by atoms with Gasteiger partial charge in [-0.05, 0) is 39.1 Å². The maximum atomic E-state index is 4.99. The van der Waals surface area contributed by atoms with Gasteiger partial charge in [-0.1, -0.05) is 0 Å². The minimum atomic E-state index is 0.545. The molecular weight excluding hydrogens is 220 g/mol. The summed E-state index contributed by atoms with van der Waals surface area (Å²) in [7, 11) is 2.04. The van der Waals surface area contributed by atoms with E-state index in [4.69, 9.17) is 12.2 Å². The zero-order valence-corrected chi connectivity index (χ0v) is 11.0. The Hall–Kier alpha value is -1.36. The normalized spacial score (nSPS) is 10.8. The molecule has 0 spiro atoms. The fourth-order valence-corrected chi connectivity index (χ4v) is 1.57. The molecule has 0 bridgehead atoms. The number of rotatable bonds is 3. The number of hydrogen-bond acceptors (Lipinski definition) is 2. The van der Waals surface area contributed by atoms with E-state index in [1.807, 2.05) is 14.0 Å². The molecule has 16 heavy (non-hydrogen) atoms. The fraction of sp³-hybridized carbons (Fsp3) is 0.455. The van der Waals surface area contributed by atoms with Crippen molar-refractivity contribution in [1.82, 2.24) is 15.3 Å². The Morgan fingerprint density at radius 1 is 1.56 bits per heavy atom. The van der Waals surface area contributed by atoms with E-state index in [-0.39, 0.29) is 0 Å². The van der Waals surface area contributed by atoms with Crippen LogP contribution in [0.3, 0.4) is 0 Å². The molecular formula is C11H18N4S. The van der Waals surface area contributed by atoms with Crippen LogP contribution in [0.1, 0.15) is 23.9 Å². The van der Waals surface area contributed by atoms with Crippen molar-refractivity contribution in [2.75, 3.05) is 6.54 Å². The SMILES string of the molecule is CCNC(=S)NN=Cc1cc(C)n(C)c1C. The van der Waals surface area contributed by atoms with E-state index in [0.29, 0.717) is 5.11 Å². The second-order valence-electron chi connectivity index (χ2n) is 3.61. The predicted octanol–water partition coefficient (Wildman–Crippen LogP) is 1.46. The van der Waals surface area contributed by atoms with Crippen molar-refractivity contribution in [2.45, 2.75) is 20.8 Å². The highest BCUT2D eigenvalue weighted by atomic mass is 32.1. The maximum absolute atomic E-state index is 4.99. The maximum Gasteiger partial charge on any atom is 0.186 e. The van der Waals surface area contributed by atoms with Gasteiger partial charge >= 0.3 is 0 Å². The van der Waals surface area contributed by atoms with Crippen LogP contribution in [0.25, 0.3) is 0 Å². The van der Waals surface area contributed by atoms with Crippen molar-refractivity contribution in [3.05, 3.63) is 23.0 Å². The van der Waals surface area contributed by atoms with Crippen molar-refractivity contribution in [1.29, 1.82) is 0 Å². The van der Waals surface area contributed by atoms with Crippen LogP contribution in [-0.2, 0) is 7.05 Å². The molecule has 0 amide bonds. The zero-order valence-electron chi connectivity index (χ0n) is 10.2. The lowest BCUT2D eigenvalue weighted by molar-refractivity contribution is 0.843. The molecule has 4 nitrogen and oxygen atoms in total. The molecule has 0 saturated carbocycles. The van der Waals surface area contributed by atoms with Gasteiger partial charge < -0.3 is 9.88 Å². The Kier molecular flexibility index (Phi) is 4.49. The van der Waals surface area contributed by atoms with Gasteiger partial charge in [-0.3, -0.25) is 5.43 Å². The summed E-state index contributed by atoms with van der Waals surface area (Å²) in [5, 5.41) is 7.59. The highest BCUT2D eigenvalue weighted by Gasteiger charge is 2.02. The van der Waals surface area contributed by atoms with Crippen LogP contribution < -0.4 is 10.7 Å². The van der Waals surface area contributed by atoms with Crippen LogP contribution in [0.4, 0.5) is 0 Å². The molecule has 0 fully saturated rings. The largest absolute Gasteiger partial charge is 0.362 e. The van der Waals surface area contributed by atoms with Gasteiger partial charge in [0.05, 0.1) is 6.21 Å². The molecule has 5 heteroatoms. The van der Waals surface area contributed by atoms with Crippen molar-refractivity contribution >= 4 is 23.5 Å². The second-order valence-corrected chi connectivity index (χ2v) is 4.02. The van der Waals surface area contributed by atoms with E-state index in [9.17, 15) is 0 Å². The van der Waals surface area contributed by atoms with Crippen LogP contribution in [0.15, 0.2) is 11.2 Å². The first-order valence-corrected chi connectivity index (χ1v) is 5.67. The molecule has 0 radical (unpaired) electrons. The number of nitrogens with one attached hydrogen (secondary N) is 2. The molecule has 2 N–H and O–H groups in total. The Labute approximate surface area is 102 Å². The summed E-state index contributed by atoms with van der Waals surface area (Å²) in [6.45, 7) is 6.92. The number of hydrazone groups is 1. The summed E-state index contributed by atoms with van der Waals surface area (Å²) in [5.41, 5.74) is 6.28. The standard InChI is InChI=1S/C11H18N4S/c1-5-12-11(16)14-13-7-10-6-8(2)15(4)9(10)3/h6-7H,5H2,1-4H3,(H2,12,14,16). The van der Waals surface area contributed by atoms with Gasteiger partial charge in [-0.25, -0.2) is 0 Å². The lowest BCUT2D eigenvalue weighted by Gasteiger charge is -2.02. The molecule has 0 unspecified atom stereocenters. The number of thiocarbonyl (C=S) groups is 1. The molecule has 0 aliphatic heterocycles. The number of hydrogen-bond donors (Lipinski definition) is 2. The first kappa shape index (κ1) is 12.7. The molecule has 0 aliphatic rings. The average Bonchev–Trinajstić information content (AvgIpc) is 2.47. The first-order valence-electron chi connectivity index (χ1n) is 5.26. The molecule has 0 aromatic carbocycles. The Bertz CT molecular complexity index is 406. The van der Waals surface area contributed by atoms with Crippen molar-refractivity contribution < 1.29 is 0 Å². The van der Waals surface area contributed by atoms with E-state index in [1.165, 1.54) is 11.4 Å². The van der Waals surface area contributed by atoms with E-state index < -0.39 is 0 Å². The zero-order chi connectivity index (χ0) is 12.1. The molecule has 0 saturated heterocycles. The fourth-order valence-electron chi connectivity index (χ4n) is 1.38. The molecule has 1 aromatic rings. The average molecular weight is 238 g/mol. The summed E-state index contributed by atoms with van der Waals surface area (Å²) in [5.74, 6) is 0. The van der Waals surface area contributed by atoms with Crippen LogP contribution in [0.5, 0.6) is 0 Å². The van der Waals surface area contributed by atoms with Crippen molar-refractivity contribution in [3.63, 3.8) is 0 Å². The third-order valence-corrected chi connectivity index (χ3v) is 2.76. The summed E-state index contributed by atoms with van der Waals surface area (Å²) in [4.78, 5) is 0. The highest BCUT2D eigenvalue weighted by molar-refractivity contribution is 7.80. The lowest BCUT2D eigenvalue weighted by atomic mass is 10.3. The van der Waals surface area contributed by atoms with E-state index in [2.05, 4.69) is 40.3 Å². The van der Waals surface area contributed by atoms with Gasteiger partial charge in [0.15, 0.2) is 5.11 Å². The van der Waals surface area contributed by atoms with Crippen molar-refractivity contribution in [3.8, 4) is 0 Å². The molecule has 1 rings (SSSR count). The minimum absolute atomic E-state index is 0.545. The Morgan fingerprint density at radius 3 is 2.75 bits per heavy atom. The Morgan fingerprint density at radius 2 is 2.25 bits per heavy atom. The van der Waals surface area contributed by atoms with Gasteiger partial charge in [0.2, 0.25) is 0 Å². The van der Waals surface area contributed by atoms with Gasteiger partial charge in [0, 0.05) is 30.5 Å². The van der Waals surface area contributed by atoms with Crippen LogP contribution >= 0.6 is 12.2 Å². The molecule has 1 heterocycles. The summed E-state index contributed by atoms with van der Waals surface area (Å²) in [6, 6.07) is 2.09. The van der Waals surface area contributed by atoms with Crippen LogP contribution in [0, 0.1) is 13.8 Å². The monoisotopic (exact) mass is 238 g/mol. The van der Waals surface area contributed by atoms with Crippen molar-refractivity contribution in [2.24, 2.45) is 12.1 Å². The van der Waals surface area contributed by atoms with Crippen LogP contribution in [-0.4, -0.2) is 22.4 Å². The van der Waals surface area contributed by atoms with Gasteiger partial charge in [0.1, 0.15) is 0 Å².